The Morgan fingerprint density at radius 3 is 2.80 bits per heavy atom. The Morgan fingerprint density at radius 2 is 2.27 bits per heavy atom. The van der Waals surface area contributed by atoms with Gasteiger partial charge in [0.25, 0.3) is 0 Å². The van der Waals surface area contributed by atoms with Crippen LogP contribution in [0.1, 0.15) is 26.7 Å². The van der Waals surface area contributed by atoms with E-state index in [2.05, 4.69) is 16.9 Å². The molecule has 2 N–H and O–H groups in total. The summed E-state index contributed by atoms with van der Waals surface area (Å²) in [4.78, 5) is 8.32. The smallest absolute Gasteiger partial charge is 0.213 e. The molecule has 4 nitrogen and oxygen atoms in total. The Labute approximate surface area is 90.2 Å². The van der Waals surface area contributed by atoms with Crippen LogP contribution in [-0.2, 0) is 0 Å². The molecule has 4 heteroatoms. The van der Waals surface area contributed by atoms with E-state index in [1.165, 1.54) is 0 Å². The van der Waals surface area contributed by atoms with Crippen LogP contribution in [0.2, 0.25) is 0 Å². The number of amidine groups is 1. The lowest BCUT2D eigenvalue weighted by molar-refractivity contribution is 0.327. The van der Waals surface area contributed by atoms with Gasteiger partial charge in [-0.3, -0.25) is 0 Å². The van der Waals surface area contributed by atoms with Crippen molar-refractivity contribution >= 4 is 11.5 Å². The van der Waals surface area contributed by atoms with Crippen molar-refractivity contribution < 1.29 is 4.74 Å². The maximum Gasteiger partial charge on any atom is 0.213 e. The standard InChI is InChI=1S/C11H17N3O/c1-3-5-10(12)14-9-6-7-11(13-8-9)15-4-2/h6-8H,3-5H2,1-2H3,(H2,12,14). The topological polar surface area (TPSA) is 60.5 Å². The maximum absolute atomic E-state index is 5.70. The molecular weight excluding hydrogens is 190 g/mol. The van der Waals surface area contributed by atoms with Gasteiger partial charge in [-0.05, 0) is 19.4 Å². The lowest BCUT2D eigenvalue weighted by Crippen LogP contribution is -2.09. The monoisotopic (exact) mass is 207 g/mol. The summed E-state index contributed by atoms with van der Waals surface area (Å²) in [7, 11) is 0. The van der Waals surface area contributed by atoms with Gasteiger partial charge in [0.2, 0.25) is 5.88 Å². The van der Waals surface area contributed by atoms with Crippen molar-refractivity contribution in [1.82, 2.24) is 4.98 Å². The van der Waals surface area contributed by atoms with Crippen LogP contribution in [0.3, 0.4) is 0 Å². The first kappa shape index (κ1) is 11.5. The second-order valence-corrected chi connectivity index (χ2v) is 3.14. The lowest BCUT2D eigenvalue weighted by Gasteiger charge is -2.01. The van der Waals surface area contributed by atoms with Gasteiger partial charge < -0.3 is 10.5 Å². The molecule has 15 heavy (non-hydrogen) atoms. The van der Waals surface area contributed by atoms with E-state index in [4.69, 9.17) is 10.5 Å². The highest BCUT2D eigenvalue weighted by Crippen LogP contribution is 2.14. The molecule has 1 aromatic heterocycles. The second-order valence-electron chi connectivity index (χ2n) is 3.14. The molecule has 0 aromatic carbocycles. The SMILES string of the molecule is CCCC(N)=Nc1ccc(OCC)nc1. The highest BCUT2D eigenvalue weighted by molar-refractivity contribution is 5.82. The third-order valence-electron chi connectivity index (χ3n) is 1.79. The van der Waals surface area contributed by atoms with E-state index in [9.17, 15) is 0 Å². The van der Waals surface area contributed by atoms with Crippen LogP contribution in [0, 0.1) is 0 Å². The van der Waals surface area contributed by atoms with Crippen LogP contribution in [-0.4, -0.2) is 17.4 Å². The minimum atomic E-state index is 0.616. The number of hydrogen-bond donors (Lipinski definition) is 1. The molecule has 1 rings (SSSR count). The molecule has 0 bridgehead atoms. The third-order valence-corrected chi connectivity index (χ3v) is 1.79. The zero-order valence-electron chi connectivity index (χ0n) is 9.23. The minimum absolute atomic E-state index is 0.616. The molecule has 0 spiro atoms. The molecule has 0 aliphatic heterocycles. The highest BCUT2D eigenvalue weighted by atomic mass is 16.5. The van der Waals surface area contributed by atoms with Crippen molar-refractivity contribution in [3.63, 3.8) is 0 Å². The number of ether oxygens (including phenoxy) is 1. The fourth-order valence-electron chi connectivity index (χ4n) is 1.15. The Hall–Kier alpha value is -1.58. The van der Waals surface area contributed by atoms with E-state index < -0.39 is 0 Å². The molecule has 0 fully saturated rings. The van der Waals surface area contributed by atoms with Gasteiger partial charge >= 0.3 is 0 Å². The van der Waals surface area contributed by atoms with Crippen LogP contribution in [0.4, 0.5) is 5.69 Å². The molecule has 1 heterocycles. The number of pyridine rings is 1. The first-order valence-corrected chi connectivity index (χ1v) is 5.18. The molecule has 1 aromatic rings. The number of rotatable bonds is 5. The fraction of sp³-hybridized carbons (Fsp3) is 0.455. The van der Waals surface area contributed by atoms with Crippen molar-refractivity contribution in [3.8, 4) is 5.88 Å². The van der Waals surface area contributed by atoms with Gasteiger partial charge in [0.1, 0.15) is 0 Å². The Balaban J connectivity index is 2.67. The molecule has 0 radical (unpaired) electrons. The molecular formula is C11H17N3O. The zero-order valence-corrected chi connectivity index (χ0v) is 9.23. The fourth-order valence-corrected chi connectivity index (χ4v) is 1.15. The highest BCUT2D eigenvalue weighted by Gasteiger charge is 1.95. The van der Waals surface area contributed by atoms with Crippen LogP contribution in [0.5, 0.6) is 5.88 Å². The van der Waals surface area contributed by atoms with E-state index in [0.717, 1.165) is 18.5 Å². The predicted molar refractivity (Wildman–Crippen MR) is 61.6 cm³/mol. The first-order chi connectivity index (χ1) is 7.26. The Bertz CT molecular complexity index is 319. The van der Waals surface area contributed by atoms with Gasteiger partial charge in [0, 0.05) is 12.5 Å². The maximum atomic E-state index is 5.70. The van der Waals surface area contributed by atoms with Gasteiger partial charge in [0.05, 0.1) is 24.3 Å². The number of aliphatic imine (C=N–C) groups is 1. The summed E-state index contributed by atoms with van der Waals surface area (Å²) >= 11 is 0. The summed E-state index contributed by atoms with van der Waals surface area (Å²) < 4.78 is 5.22. The van der Waals surface area contributed by atoms with E-state index in [-0.39, 0.29) is 0 Å². The quantitative estimate of drug-likeness (QED) is 0.595. The van der Waals surface area contributed by atoms with Gasteiger partial charge in [-0.15, -0.1) is 0 Å². The van der Waals surface area contributed by atoms with Crippen LogP contribution in [0.15, 0.2) is 23.3 Å². The van der Waals surface area contributed by atoms with Gasteiger partial charge in [-0.25, -0.2) is 9.98 Å². The summed E-state index contributed by atoms with van der Waals surface area (Å²) in [6.07, 6.45) is 3.47. The molecule has 0 saturated heterocycles. The first-order valence-electron chi connectivity index (χ1n) is 5.18. The zero-order chi connectivity index (χ0) is 11.1. The molecule has 0 saturated carbocycles. The summed E-state index contributed by atoms with van der Waals surface area (Å²) in [6.45, 7) is 4.61. The molecule has 0 atom stereocenters. The minimum Gasteiger partial charge on any atom is -0.478 e. The molecule has 0 amide bonds. The van der Waals surface area contributed by atoms with Crippen molar-refractivity contribution in [3.05, 3.63) is 18.3 Å². The van der Waals surface area contributed by atoms with Crippen molar-refractivity contribution in [1.29, 1.82) is 0 Å². The molecule has 0 unspecified atom stereocenters. The number of nitrogens with zero attached hydrogens (tertiary/aromatic N) is 2. The Morgan fingerprint density at radius 1 is 1.47 bits per heavy atom. The van der Waals surface area contributed by atoms with Crippen molar-refractivity contribution in [2.75, 3.05) is 6.61 Å². The van der Waals surface area contributed by atoms with Crippen LogP contribution in [0.25, 0.3) is 0 Å². The summed E-state index contributed by atoms with van der Waals surface area (Å²) in [5.74, 6) is 1.26. The number of aromatic nitrogens is 1. The van der Waals surface area contributed by atoms with Gasteiger partial charge in [-0.2, -0.15) is 0 Å². The van der Waals surface area contributed by atoms with E-state index >= 15 is 0 Å². The van der Waals surface area contributed by atoms with Crippen molar-refractivity contribution in [2.24, 2.45) is 10.7 Å². The van der Waals surface area contributed by atoms with Crippen LogP contribution >= 0.6 is 0 Å². The Kier molecular flexibility index (Phi) is 4.60. The van der Waals surface area contributed by atoms with Gasteiger partial charge in [-0.1, -0.05) is 6.92 Å². The lowest BCUT2D eigenvalue weighted by atomic mass is 10.3. The van der Waals surface area contributed by atoms with E-state index in [1.807, 2.05) is 13.0 Å². The summed E-state index contributed by atoms with van der Waals surface area (Å²) in [5, 5.41) is 0. The third kappa shape index (κ3) is 3.97. The molecule has 82 valence electrons. The second kappa shape index (κ2) is 6.01. The van der Waals surface area contributed by atoms with Crippen LogP contribution < -0.4 is 10.5 Å². The molecule has 0 aliphatic rings. The number of hydrogen-bond acceptors (Lipinski definition) is 3. The summed E-state index contributed by atoms with van der Waals surface area (Å²) in [6, 6.07) is 3.64. The molecule has 0 aliphatic carbocycles. The number of nitrogens with two attached hydrogens (primary N) is 1. The normalized spacial score (nSPS) is 11.5. The average molecular weight is 207 g/mol. The van der Waals surface area contributed by atoms with E-state index in [0.29, 0.717) is 18.3 Å². The van der Waals surface area contributed by atoms with Crippen molar-refractivity contribution in [2.45, 2.75) is 26.7 Å². The van der Waals surface area contributed by atoms with E-state index in [1.54, 1.807) is 12.3 Å². The largest absolute Gasteiger partial charge is 0.478 e. The summed E-state index contributed by atoms with van der Waals surface area (Å²) in [5.41, 5.74) is 6.47. The van der Waals surface area contributed by atoms with Gasteiger partial charge in [0.15, 0.2) is 0 Å². The predicted octanol–water partition coefficient (Wildman–Crippen LogP) is 2.27. The average Bonchev–Trinajstić information content (AvgIpc) is 2.22.